The van der Waals surface area contributed by atoms with Gasteiger partial charge in [-0.2, -0.15) is 5.21 Å². The molecule has 0 radical (unpaired) electrons. The predicted octanol–water partition coefficient (Wildman–Crippen LogP) is -0.396. The molecule has 2 fully saturated rings. The highest BCUT2D eigenvalue weighted by Crippen LogP contribution is 2.38. The molecule has 2 aliphatic rings. The van der Waals surface area contributed by atoms with Gasteiger partial charge in [0.2, 0.25) is 0 Å². The first-order valence-electron chi connectivity index (χ1n) is 6.07. The molecule has 1 saturated heterocycles. The summed E-state index contributed by atoms with van der Waals surface area (Å²) in [6.45, 7) is 0.969. The van der Waals surface area contributed by atoms with Crippen molar-refractivity contribution in [2.75, 3.05) is 6.54 Å². The molecule has 1 amide bonds. The van der Waals surface area contributed by atoms with Crippen LogP contribution in [0.5, 0.6) is 0 Å². The maximum Gasteiger partial charge on any atom is 0.293 e. The number of amides is 1. The monoisotopic (exact) mass is 236 g/mol. The van der Waals surface area contributed by atoms with Crippen LogP contribution in [-0.2, 0) is 0 Å². The summed E-state index contributed by atoms with van der Waals surface area (Å²) in [4.78, 5) is 11.8. The molecule has 1 aromatic rings. The third-order valence-corrected chi connectivity index (χ3v) is 3.82. The standard InChI is InChI=1S/C10H16N6O/c17-9(8-13-15-16-14-8)12-7-2-5-11-10(6-7)3-1-4-10/h7,11H,1-6H2,(H,12,17)(H,13,14,15,16). The Balaban J connectivity index is 1.60. The average molecular weight is 236 g/mol. The summed E-state index contributed by atoms with van der Waals surface area (Å²) in [6, 6.07) is 0.225. The highest BCUT2D eigenvalue weighted by Gasteiger charge is 2.41. The second kappa shape index (κ2) is 4.06. The minimum absolute atomic E-state index is 0.117. The number of hydrogen-bond acceptors (Lipinski definition) is 5. The number of carbonyl (C=O) groups is 1. The van der Waals surface area contributed by atoms with Gasteiger partial charge in [0.05, 0.1) is 0 Å². The maximum absolute atomic E-state index is 11.8. The van der Waals surface area contributed by atoms with Gasteiger partial charge < -0.3 is 10.6 Å². The van der Waals surface area contributed by atoms with Gasteiger partial charge in [-0.15, -0.1) is 10.2 Å². The molecule has 7 nitrogen and oxygen atoms in total. The molecule has 1 spiro atoms. The van der Waals surface area contributed by atoms with Crippen molar-refractivity contribution in [3.63, 3.8) is 0 Å². The SMILES string of the molecule is O=C(NC1CCNC2(CCC2)C1)c1nn[nH]n1. The Hall–Kier alpha value is -1.50. The van der Waals surface area contributed by atoms with Crippen molar-refractivity contribution in [2.24, 2.45) is 0 Å². The first-order valence-corrected chi connectivity index (χ1v) is 6.07. The zero-order chi connectivity index (χ0) is 11.7. The normalized spacial score (nSPS) is 26.5. The molecule has 17 heavy (non-hydrogen) atoms. The van der Waals surface area contributed by atoms with E-state index in [4.69, 9.17) is 0 Å². The van der Waals surface area contributed by atoms with E-state index >= 15 is 0 Å². The summed E-state index contributed by atoms with van der Waals surface area (Å²) in [5, 5.41) is 19.6. The van der Waals surface area contributed by atoms with Crippen LogP contribution in [0.3, 0.4) is 0 Å². The molecule has 92 valence electrons. The van der Waals surface area contributed by atoms with Crippen molar-refractivity contribution in [2.45, 2.75) is 43.7 Å². The van der Waals surface area contributed by atoms with Crippen LogP contribution >= 0.6 is 0 Å². The van der Waals surface area contributed by atoms with Crippen LogP contribution in [0.1, 0.15) is 42.7 Å². The predicted molar refractivity (Wildman–Crippen MR) is 59.3 cm³/mol. The number of nitrogens with one attached hydrogen (secondary N) is 3. The number of nitrogens with zero attached hydrogens (tertiary/aromatic N) is 3. The Bertz CT molecular complexity index is 399. The average Bonchev–Trinajstić information content (AvgIpc) is 2.81. The van der Waals surface area contributed by atoms with Crippen LogP contribution < -0.4 is 10.6 Å². The molecule has 1 unspecified atom stereocenters. The third kappa shape index (κ3) is 2.02. The number of rotatable bonds is 2. The van der Waals surface area contributed by atoms with Crippen LogP contribution in [0.4, 0.5) is 0 Å². The smallest absolute Gasteiger partial charge is 0.293 e. The van der Waals surface area contributed by atoms with Crippen LogP contribution in [-0.4, -0.2) is 44.7 Å². The Labute approximate surface area is 98.7 Å². The molecular formula is C10H16N6O. The second-order valence-electron chi connectivity index (χ2n) is 4.96. The summed E-state index contributed by atoms with van der Waals surface area (Å²) in [6.07, 6.45) is 5.71. The number of H-pyrrole nitrogens is 1. The van der Waals surface area contributed by atoms with Gasteiger partial charge in [-0.05, 0) is 43.9 Å². The molecule has 1 saturated carbocycles. The van der Waals surface area contributed by atoms with Gasteiger partial charge in [0.15, 0.2) is 0 Å². The third-order valence-electron chi connectivity index (χ3n) is 3.82. The van der Waals surface area contributed by atoms with E-state index in [2.05, 4.69) is 31.3 Å². The van der Waals surface area contributed by atoms with E-state index in [1.165, 1.54) is 19.3 Å². The van der Waals surface area contributed by atoms with Gasteiger partial charge in [0, 0.05) is 11.6 Å². The number of carbonyl (C=O) groups excluding carboxylic acids is 1. The molecule has 1 aliphatic heterocycles. The van der Waals surface area contributed by atoms with Gasteiger partial charge in [-0.1, -0.05) is 0 Å². The second-order valence-corrected chi connectivity index (χ2v) is 4.96. The topological polar surface area (TPSA) is 95.6 Å². The Morgan fingerprint density at radius 3 is 3.00 bits per heavy atom. The highest BCUT2D eigenvalue weighted by molar-refractivity contribution is 5.90. The number of aromatic amines is 1. The molecule has 1 atom stereocenters. The van der Waals surface area contributed by atoms with Crippen LogP contribution in [0.2, 0.25) is 0 Å². The number of aromatic nitrogens is 4. The van der Waals surface area contributed by atoms with E-state index in [1.807, 2.05) is 0 Å². The fourth-order valence-corrected chi connectivity index (χ4v) is 2.77. The molecular weight excluding hydrogens is 220 g/mol. The maximum atomic E-state index is 11.8. The van der Waals surface area contributed by atoms with E-state index in [0.29, 0.717) is 0 Å². The molecule has 0 aromatic carbocycles. The molecule has 3 N–H and O–H groups in total. The van der Waals surface area contributed by atoms with E-state index in [9.17, 15) is 4.79 Å². The lowest BCUT2D eigenvalue weighted by atomic mass is 9.70. The summed E-state index contributed by atoms with van der Waals surface area (Å²) in [5.41, 5.74) is 0.285. The fourth-order valence-electron chi connectivity index (χ4n) is 2.77. The number of tetrazole rings is 1. The van der Waals surface area contributed by atoms with Crippen LogP contribution in [0.25, 0.3) is 0 Å². The summed E-state index contributed by atoms with van der Waals surface area (Å²) < 4.78 is 0. The first-order chi connectivity index (χ1) is 8.27. The molecule has 2 heterocycles. The van der Waals surface area contributed by atoms with E-state index in [1.54, 1.807) is 0 Å². The molecule has 1 aromatic heterocycles. The fraction of sp³-hybridized carbons (Fsp3) is 0.800. The van der Waals surface area contributed by atoms with Crippen molar-refractivity contribution in [1.82, 2.24) is 31.3 Å². The summed E-state index contributed by atoms with van der Waals surface area (Å²) in [5.74, 6) is -0.119. The van der Waals surface area contributed by atoms with Gasteiger partial charge in [-0.3, -0.25) is 4.79 Å². The lowest BCUT2D eigenvalue weighted by Crippen LogP contribution is -2.59. The van der Waals surface area contributed by atoms with E-state index < -0.39 is 0 Å². The quantitative estimate of drug-likeness (QED) is 0.649. The number of piperidine rings is 1. The van der Waals surface area contributed by atoms with Crippen molar-refractivity contribution < 1.29 is 4.79 Å². The van der Waals surface area contributed by atoms with Crippen molar-refractivity contribution in [3.8, 4) is 0 Å². The molecule has 1 aliphatic carbocycles. The van der Waals surface area contributed by atoms with Crippen molar-refractivity contribution in [1.29, 1.82) is 0 Å². The zero-order valence-electron chi connectivity index (χ0n) is 9.57. The Morgan fingerprint density at radius 2 is 2.35 bits per heavy atom. The summed E-state index contributed by atoms with van der Waals surface area (Å²) in [7, 11) is 0. The minimum atomic E-state index is -0.236. The lowest BCUT2D eigenvalue weighted by Gasteiger charge is -2.48. The van der Waals surface area contributed by atoms with Gasteiger partial charge in [0.25, 0.3) is 11.7 Å². The number of hydrogen-bond donors (Lipinski definition) is 3. The van der Waals surface area contributed by atoms with E-state index in [0.717, 1.165) is 19.4 Å². The largest absolute Gasteiger partial charge is 0.346 e. The zero-order valence-corrected chi connectivity index (χ0v) is 9.57. The molecule has 7 heteroatoms. The van der Waals surface area contributed by atoms with E-state index in [-0.39, 0.29) is 23.3 Å². The lowest BCUT2D eigenvalue weighted by molar-refractivity contribution is 0.0843. The van der Waals surface area contributed by atoms with Gasteiger partial charge in [-0.25, -0.2) is 0 Å². The Kier molecular flexibility index (Phi) is 2.54. The van der Waals surface area contributed by atoms with Crippen LogP contribution in [0, 0.1) is 0 Å². The van der Waals surface area contributed by atoms with Crippen molar-refractivity contribution >= 4 is 5.91 Å². The summed E-state index contributed by atoms with van der Waals surface area (Å²) >= 11 is 0. The minimum Gasteiger partial charge on any atom is -0.346 e. The van der Waals surface area contributed by atoms with Gasteiger partial charge >= 0.3 is 0 Å². The molecule has 0 bridgehead atoms. The van der Waals surface area contributed by atoms with Gasteiger partial charge in [0.1, 0.15) is 0 Å². The van der Waals surface area contributed by atoms with Crippen LogP contribution in [0.15, 0.2) is 0 Å². The molecule has 3 rings (SSSR count). The highest BCUT2D eigenvalue weighted by atomic mass is 16.2. The Morgan fingerprint density at radius 1 is 1.47 bits per heavy atom. The first kappa shape index (κ1) is 10.6. The van der Waals surface area contributed by atoms with Crippen molar-refractivity contribution in [3.05, 3.63) is 5.82 Å².